The maximum Gasteiger partial charge on any atom is 0.271 e. The van der Waals surface area contributed by atoms with Gasteiger partial charge >= 0.3 is 0 Å². The Morgan fingerprint density at radius 1 is 1.08 bits per heavy atom. The first-order valence-corrected chi connectivity index (χ1v) is 8.59. The molecule has 0 aliphatic rings. The molecule has 128 valence electrons. The summed E-state index contributed by atoms with van der Waals surface area (Å²) in [5, 5.41) is 5.44. The van der Waals surface area contributed by atoms with E-state index in [0.717, 1.165) is 27.6 Å². The molecule has 25 heavy (non-hydrogen) atoms. The highest BCUT2D eigenvalue weighted by molar-refractivity contribution is 7.13. The Morgan fingerprint density at radius 2 is 1.84 bits per heavy atom. The van der Waals surface area contributed by atoms with E-state index in [1.807, 2.05) is 48.5 Å². The number of amides is 1. The fourth-order valence-corrected chi connectivity index (χ4v) is 3.17. The lowest BCUT2D eigenvalue weighted by Crippen LogP contribution is -2.23. The summed E-state index contributed by atoms with van der Waals surface area (Å²) in [5.41, 5.74) is 2.28. The van der Waals surface area contributed by atoms with Gasteiger partial charge in [0.25, 0.3) is 5.91 Å². The number of thiazole rings is 1. The number of hydrogen-bond donors (Lipinski definition) is 1. The van der Waals surface area contributed by atoms with Crippen LogP contribution < -0.4 is 14.8 Å². The van der Waals surface area contributed by atoms with Crippen LogP contribution in [0.4, 0.5) is 0 Å². The van der Waals surface area contributed by atoms with Crippen LogP contribution in [0.25, 0.3) is 10.6 Å². The quantitative estimate of drug-likeness (QED) is 0.732. The molecule has 6 heteroatoms. The van der Waals surface area contributed by atoms with Gasteiger partial charge in [-0.3, -0.25) is 4.79 Å². The summed E-state index contributed by atoms with van der Waals surface area (Å²) >= 11 is 1.44. The van der Waals surface area contributed by atoms with Gasteiger partial charge in [0, 0.05) is 23.1 Å². The molecule has 0 fully saturated rings. The van der Waals surface area contributed by atoms with Gasteiger partial charge in [-0.15, -0.1) is 11.3 Å². The van der Waals surface area contributed by atoms with Gasteiger partial charge in [0.15, 0.2) is 0 Å². The van der Waals surface area contributed by atoms with Crippen molar-refractivity contribution in [2.24, 2.45) is 0 Å². The van der Waals surface area contributed by atoms with E-state index in [0.29, 0.717) is 12.2 Å². The summed E-state index contributed by atoms with van der Waals surface area (Å²) in [7, 11) is 3.24. The van der Waals surface area contributed by atoms with Gasteiger partial charge in [-0.05, 0) is 30.3 Å². The van der Waals surface area contributed by atoms with Crippen LogP contribution in [0.2, 0.25) is 0 Å². The van der Waals surface area contributed by atoms with Crippen molar-refractivity contribution in [3.05, 3.63) is 65.2 Å². The minimum Gasteiger partial charge on any atom is -0.497 e. The van der Waals surface area contributed by atoms with Crippen molar-refractivity contribution in [3.63, 3.8) is 0 Å². The minimum absolute atomic E-state index is 0.207. The molecule has 0 saturated heterocycles. The van der Waals surface area contributed by atoms with E-state index >= 15 is 0 Å². The largest absolute Gasteiger partial charge is 0.497 e. The van der Waals surface area contributed by atoms with Crippen molar-refractivity contribution in [1.82, 2.24) is 10.3 Å². The summed E-state index contributed by atoms with van der Waals surface area (Å²) in [4.78, 5) is 16.8. The second-order valence-corrected chi connectivity index (χ2v) is 6.12. The number of aromatic nitrogens is 1. The molecule has 0 radical (unpaired) electrons. The zero-order chi connectivity index (χ0) is 17.6. The van der Waals surface area contributed by atoms with E-state index in [1.54, 1.807) is 19.6 Å². The fraction of sp³-hybridized carbons (Fsp3) is 0.158. The molecule has 0 atom stereocenters. The Bertz CT molecular complexity index is 859. The van der Waals surface area contributed by atoms with E-state index in [1.165, 1.54) is 11.3 Å². The van der Waals surface area contributed by atoms with Crippen LogP contribution in [-0.2, 0) is 6.54 Å². The molecular weight excluding hydrogens is 336 g/mol. The molecule has 0 saturated carbocycles. The highest BCUT2D eigenvalue weighted by Gasteiger charge is 2.12. The first kappa shape index (κ1) is 17.0. The zero-order valence-electron chi connectivity index (χ0n) is 14.0. The van der Waals surface area contributed by atoms with Crippen LogP contribution in [0, 0.1) is 0 Å². The second kappa shape index (κ2) is 7.81. The molecule has 0 unspecified atom stereocenters. The molecule has 0 aliphatic carbocycles. The van der Waals surface area contributed by atoms with E-state index in [2.05, 4.69) is 10.3 Å². The molecule has 1 heterocycles. The standard InChI is InChI=1S/C19H18N2O3S/c1-23-15-9-7-13(8-10-15)19-21-16(12-25-19)18(22)20-11-14-5-3-4-6-17(14)24-2/h3-10,12H,11H2,1-2H3,(H,20,22). The Labute approximate surface area is 150 Å². The number of methoxy groups -OCH3 is 2. The number of ether oxygens (including phenoxy) is 2. The summed E-state index contributed by atoms with van der Waals surface area (Å²) in [5.74, 6) is 1.33. The fourth-order valence-electron chi connectivity index (χ4n) is 2.36. The second-order valence-electron chi connectivity index (χ2n) is 5.26. The molecule has 2 aromatic carbocycles. The lowest BCUT2D eigenvalue weighted by atomic mass is 10.2. The number of para-hydroxylation sites is 1. The number of carbonyl (C=O) groups is 1. The summed E-state index contributed by atoms with van der Waals surface area (Å²) in [6.07, 6.45) is 0. The molecule has 3 rings (SSSR count). The number of rotatable bonds is 6. The third kappa shape index (κ3) is 3.97. The summed E-state index contributed by atoms with van der Waals surface area (Å²) in [6, 6.07) is 15.2. The Balaban J connectivity index is 1.68. The molecular formula is C19H18N2O3S. The molecule has 1 aromatic heterocycles. The Morgan fingerprint density at radius 3 is 2.56 bits per heavy atom. The average molecular weight is 354 g/mol. The highest BCUT2D eigenvalue weighted by Crippen LogP contribution is 2.25. The van der Waals surface area contributed by atoms with Crippen molar-refractivity contribution in [3.8, 4) is 22.1 Å². The maximum absolute atomic E-state index is 12.3. The summed E-state index contributed by atoms with van der Waals surface area (Å²) in [6.45, 7) is 0.387. The third-order valence-electron chi connectivity index (χ3n) is 3.71. The molecule has 1 N–H and O–H groups in total. The molecule has 3 aromatic rings. The van der Waals surface area contributed by atoms with Gasteiger partial charge in [0.1, 0.15) is 22.2 Å². The minimum atomic E-state index is -0.207. The molecule has 5 nitrogen and oxygen atoms in total. The van der Waals surface area contributed by atoms with Crippen LogP contribution in [0.3, 0.4) is 0 Å². The van der Waals surface area contributed by atoms with Crippen molar-refractivity contribution in [2.45, 2.75) is 6.54 Å². The average Bonchev–Trinajstić information content (AvgIpc) is 3.16. The molecule has 1 amide bonds. The van der Waals surface area contributed by atoms with Gasteiger partial charge in [0.2, 0.25) is 0 Å². The molecule has 0 bridgehead atoms. The van der Waals surface area contributed by atoms with Gasteiger partial charge in [0.05, 0.1) is 14.2 Å². The van der Waals surface area contributed by atoms with E-state index < -0.39 is 0 Å². The third-order valence-corrected chi connectivity index (χ3v) is 4.60. The van der Waals surface area contributed by atoms with Gasteiger partial charge < -0.3 is 14.8 Å². The van der Waals surface area contributed by atoms with Crippen molar-refractivity contribution >= 4 is 17.2 Å². The number of nitrogens with zero attached hydrogens (tertiary/aromatic N) is 1. The first-order valence-electron chi connectivity index (χ1n) is 7.71. The lowest BCUT2D eigenvalue weighted by Gasteiger charge is -2.08. The van der Waals surface area contributed by atoms with E-state index in [4.69, 9.17) is 9.47 Å². The molecule has 0 aliphatic heterocycles. The Hall–Kier alpha value is -2.86. The predicted octanol–water partition coefficient (Wildman–Crippen LogP) is 3.76. The van der Waals surface area contributed by atoms with E-state index in [-0.39, 0.29) is 5.91 Å². The SMILES string of the molecule is COc1ccc(-c2nc(C(=O)NCc3ccccc3OC)cs2)cc1. The predicted molar refractivity (Wildman–Crippen MR) is 98.3 cm³/mol. The number of benzene rings is 2. The van der Waals surface area contributed by atoms with E-state index in [9.17, 15) is 4.79 Å². The zero-order valence-corrected chi connectivity index (χ0v) is 14.8. The van der Waals surface area contributed by atoms with Crippen LogP contribution in [0.5, 0.6) is 11.5 Å². The summed E-state index contributed by atoms with van der Waals surface area (Å²) < 4.78 is 10.4. The van der Waals surface area contributed by atoms with Gasteiger partial charge in [-0.25, -0.2) is 4.98 Å². The topological polar surface area (TPSA) is 60.5 Å². The lowest BCUT2D eigenvalue weighted by molar-refractivity contribution is 0.0946. The van der Waals surface area contributed by atoms with Crippen molar-refractivity contribution in [2.75, 3.05) is 14.2 Å². The van der Waals surface area contributed by atoms with Crippen LogP contribution in [-0.4, -0.2) is 25.1 Å². The number of carbonyl (C=O) groups excluding carboxylic acids is 1. The Kier molecular flexibility index (Phi) is 5.30. The maximum atomic E-state index is 12.3. The van der Waals surface area contributed by atoms with Crippen molar-refractivity contribution in [1.29, 1.82) is 0 Å². The van der Waals surface area contributed by atoms with Crippen LogP contribution >= 0.6 is 11.3 Å². The normalized spacial score (nSPS) is 10.3. The molecule has 0 spiro atoms. The monoisotopic (exact) mass is 354 g/mol. The van der Waals surface area contributed by atoms with Crippen molar-refractivity contribution < 1.29 is 14.3 Å². The first-order chi connectivity index (χ1) is 12.2. The smallest absolute Gasteiger partial charge is 0.271 e. The number of nitrogens with one attached hydrogen (secondary N) is 1. The van der Waals surface area contributed by atoms with Gasteiger partial charge in [-0.2, -0.15) is 0 Å². The van der Waals surface area contributed by atoms with Gasteiger partial charge in [-0.1, -0.05) is 18.2 Å². The van der Waals surface area contributed by atoms with Crippen LogP contribution in [0.15, 0.2) is 53.9 Å². The van der Waals surface area contributed by atoms with Crippen LogP contribution in [0.1, 0.15) is 16.1 Å². The number of hydrogen-bond acceptors (Lipinski definition) is 5. The highest BCUT2D eigenvalue weighted by atomic mass is 32.1.